The molecule has 1 heterocycles. The Kier molecular flexibility index (Phi) is 8.54. The molecule has 0 aliphatic rings. The maximum Gasteiger partial charge on any atom is 0.339 e. The van der Waals surface area contributed by atoms with E-state index in [1.807, 2.05) is 44.2 Å². The summed E-state index contributed by atoms with van der Waals surface area (Å²) in [5.41, 5.74) is 9.01. The maximum absolute atomic E-state index is 12.8. The molecule has 178 valence electrons. The minimum atomic E-state index is -0.616. The van der Waals surface area contributed by atoms with Gasteiger partial charge in [-0.2, -0.15) is 0 Å². The third-order valence-corrected chi connectivity index (χ3v) is 6.56. The molecule has 7 nitrogen and oxygen atoms in total. The van der Waals surface area contributed by atoms with E-state index in [0.29, 0.717) is 16.0 Å². The molecule has 0 unspecified atom stereocenters. The molecule has 3 rings (SSSR count). The van der Waals surface area contributed by atoms with E-state index in [2.05, 4.69) is 4.57 Å². The first-order valence-corrected chi connectivity index (χ1v) is 11.8. The van der Waals surface area contributed by atoms with E-state index in [0.717, 1.165) is 41.9 Å². The van der Waals surface area contributed by atoms with Gasteiger partial charge in [-0.1, -0.05) is 24.3 Å². The van der Waals surface area contributed by atoms with Gasteiger partial charge in [0.05, 0.1) is 18.4 Å². The molecular formula is C26H28N2O5S. The molecule has 0 aliphatic carbocycles. The van der Waals surface area contributed by atoms with Gasteiger partial charge in [-0.15, -0.1) is 11.8 Å². The molecular weight excluding hydrogens is 452 g/mol. The van der Waals surface area contributed by atoms with Crippen molar-refractivity contribution in [2.24, 2.45) is 5.73 Å². The first kappa shape index (κ1) is 25.1. The molecule has 2 N–H and O–H groups in total. The lowest BCUT2D eigenvalue weighted by atomic mass is 10.1. The van der Waals surface area contributed by atoms with Crippen molar-refractivity contribution in [3.05, 3.63) is 82.7 Å². The molecule has 0 bridgehead atoms. The summed E-state index contributed by atoms with van der Waals surface area (Å²) in [5.74, 6) is -0.501. The molecule has 0 radical (unpaired) electrons. The summed E-state index contributed by atoms with van der Waals surface area (Å²) < 4.78 is 12.6. The van der Waals surface area contributed by atoms with Crippen molar-refractivity contribution in [3.63, 3.8) is 0 Å². The van der Waals surface area contributed by atoms with Gasteiger partial charge >= 0.3 is 5.97 Å². The number of carbonyl (C=O) groups is 3. The summed E-state index contributed by atoms with van der Waals surface area (Å²) >= 11 is 1.16. The number of Topliss-reactive ketones (excluding diaryl/α,β-unsaturated/α-hetero) is 1. The molecule has 0 fully saturated rings. The van der Waals surface area contributed by atoms with Gasteiger partial charge in [0, 0.05) is 28.4 Å². The lowest BCUT2D eigenvalue weighted by Gasteiger charge is -2.11. The van der Waals surface area contributed by atoms with Crippen LogP contribution in [0.3, 0.4) is 0 Å². The summed E-state index contributed by atoms with van der Waals surface area (Å²) in [4.78, 5) is 37.1. The minimum absolute atomic E-state index is 0.0474. The highest BCUT2D eigenvalue weighted by Gasteiger charge is 2.19. The van der Waals surface area contributed by atoms with Gasteiger partial charge in [0.1, 0.15) is 5.75 Å². The highest BCUT2D eigenvalue weighted by Crippen LogP contribution is 2.23. The number of ketones is 1. The maximum atomic E-state index is 12.8. The van der Waals surface area contributed by atoms with Crippen LogP contribution in [0.4, 0.5) is 0 Å². The predicted octanol–water partition coefficient (Wildman–Crippen LogP) is 3.97. The van der Waals surface area contributed by atoms with E-state index in [1.54, 1.807) is 31.4 Å². The Morgan fingerprint density at radius 3 is 2.38 bits per heavy atom. The number of aryl methyl sites for hydroxylation is 2. The zero-order valence-corrected chi connectivity index (χ0v) is 20.3. The minimum Gasteiger partial charge on any atom is -0.497 e. The lowest BCUT2D eigenvalue weighted by Crippen LogP contribution is -2.16. The summed E-state index contributed by atoms with van der Waals surface area (Å²) in [6, 6.07) is 16.5. The Bertz CT molecular complexity index is 1180. The zero-order chi connectivity index (χ0) is 24.7. The van der Waals surface area contributed by atoms with E-state index in [9.17, 15) is 14.4 Å². The van der Waals surface area contributed by atoms with E-state index in [1.165, 1.54) is 5.56 Å². The monoisotopic (exact) mass is 480 g/mol. The number of hydrogen-bond acceptors (Lipinski definition) is 6. The number of ether oxygens (including phenoxy) is 2. The Hall–Kier alpha value is -3.52. The highest BCUT2D eigenvalue weighted by molar-refractivity contribution is 8.00. The molecule has 1 aromatic heterocycles. The van der Waals surface area contributed by atoms with E-state index < -0.39 is 11.9 Å². The van der Waals surface area contributed by atoms with Crippen LogP contribution in [-0.2, 0) is 22.5 Å². The first-order valence-electron chi connectivity index (χ1n) is 10.8. The van der Waals surface area contributed by atoms with Crippen molar-refractivity contribution >= 4 is 29.4 Å². The number of benzene rings is 2. The summed E-state index contributed by atoms with van der Waals surface area (Å²) in [7, 11) is 1.64. The number of nitrogens with two attached hydrogens (primary N) is 1. The van der Waals surface area contributed by atoms with E-state index in [-0.39, 0.29) is 18.1 Å². The molecule has 0 spiro atoms. The summed E-state index contributed by atoms with van der Waals surface area (Å²) in [6.07, 6.45) is 0.808. The van der Waals surface area contributed by atoms with Crippen molar-refractivity contribution in [1.82, 2.24) is 4.57 Å². The Labute approximate surface area is 203 Å². The van der Waals surface area contributed by atoms with Crippen LogP contribution in [0.1, 0.15) is 37.7 Å². The Morgan fingerprint density at radius 2 is 1.71 bits per heavy atom. The second-order valence-corrected chi connectivity index (χ2v) is 8.80. The zero-order valence-electron chi connectivity index (χ0n) is 19.5. The third kappa shape index (κ3) is 6.29. The summed E-state index contributed by atoms with van der Waals surface area (Å²) in [6.45, 7) is 4.21. The van der Waals surface area contributed by atoms with Crippen LogP contribution < -0.4 is 10.5 Å². The topological polar surface area (TPSA) is 101 Å². The van der Waals surface area contributed by atoms with Crippen molar-refractivity contribution in [3.8, 4) is 5.75 Å². The Balaban J connectivity index is 1.63. The molecule has 8 heteroatoms. The normalized spacial score (nSPS) is 10.7. The number of aromatic nitrogens is 1. The second kappa shape index (κ2) is 11.6. The van der Waals surface area contributed by atoms with Gasteiger partial charge in [-0.05, 0) is 56.2 Å². The second-order valence-electron chi connectivity index (χ2n) is 7.78. The fourth-order valence-electron chi connectivity index (χ4n) is 3.66. The number of rotatable bonds is 11. The molecule has 0 atom stereocenters. The highest BCUT2D eigenvalue weighted by atomic mass is 32.2. The molecule has 0 saturated heterocycles. The number of primary amides is 1. The van der Waals surface area contributed by atoms with Crippen LogP contribution in [0.5, 0.6) is 5.75 Å². The van der Waals surface area contributed by atoms with Crippen LogP contribution >= 0.6 is 11.8 Å². The summed E-state index contributed by atoms with van der Waals surface area (Å²) in [5, 5.41) is 0. The van der Waals surface area contributed by atoms with Gasteiger partial charge < -0.3 is 19.8 Å². The SMILES string of the molecule is COc1ccc(CCn2c(C)cc(C(=O)COC(=O)c3ccccc3SCC(N)=O)c2C)cc1. The molecule has 1 amide bonds. The van der Waals surface area contributed by atoms with Gasteiger partial charge in [0.25, 0.3) is 0 Å². The number of methoxy groups -OCH3 is 1. The van der Waals surface area contributed by atoms with E-state index in [4.69, 9.17) is 15.2 Å². The molecule has 0 saturated carbocycles. The molecule has 3 aromatic rings. The fourth-order valence-corrected chi connectivity index (χ4v) is 4.44. The van der Waals surface area contributed by atoms with Gasteiger partial charge in [0.15, 0.2) is 6.61 Å². The van der Waals surface area contributed by atoms with Gasteiger partial charge in [0.2, 0.25) is 11.7 Å². The predicted molar refractivity (Wildman–Crippen MR) is 132 cm³/mol. The van der Waals surface area contributed by atoms with Gasteiger partial charge in [-0.3, -0.25) is 9.59 Å². The standard InChI is InChI=1S/C26H28N2O5S/c1-17-14-22(18(2)28(17)13-12-19-8-10-20(32-3)11-9-19)23(29)15-33-26(31)21-6-4-5-7-24(21)34-16-25(27)30/h4-11,14H,12-13,15-16H2,1-3H3,(H2,27,30). The largest absolute Gasteiger partial charge is 0.497 e. The number of nitrogens with zero attached hydrogens (tertiary/aromatic N) is 1. The van der Waals surface area contributed by atoms with Crippen LogP contribution in [-0.4, -0.2) is 41.7 Å². The van der Waals surface area contributed by atoms with Crippen LogP contribution in [0.25, 0.3) is 0 Å². The number of carbonyl (C=O) groups excluding carboxylic acids is 3. The van der Waals surface area contributed by atoms with Crippen molar-refractivity contribution in [1.29, 1.82) is 0 Å². The average Bonchev–Trinajstić information content (AvgIpc) is 3.13. The smallest absolute Gasteiger partial charge is 0.339 e. The van der Waals surface area contributed by atoms with Crippen molar-refractivity contribution in [2.75, 3.05) is 19.5 Å². The fraction of sp³-hybridized carbons (Fsp3) is 0.269. The number of thioether (sulfide) groups is 1. The van der Waals surface area contributed by atoms with Crippen molar-refractivity contribution < 1.29 is 23.9 Å². The Morgan fingerprint density at radius 1 is 1.00 bits per heavy atom. The van der Waals surface area contributed by atoms with Crippen LogP contribution in [0.2, 0.25) is 0 Å². The quantitative estimate of drug-likeness (QED) is 0.253. The third-order valence-electron chi connectivity index (χ3n) is 5.47. The van der Waals surface area contributed by atoms with Crippen molar-refractivity contribution in [2.45, 2.75) is 31.7 Å². The number of amides is 1. The average molecular weight is 481 g/mol. The molecule has 34 heavy (non-hydrogen) atoms. The van der Waals surface area contributed by atoms with Gasteiger partial charge in [-0.25, -0.2) is 4.79 Å². The van der Waals surface area contributed by atoms with Crippen LogP contribution in [0.15, 0.2) is 59.5 Å². The van der Waals surface area contributed by atoms with Crippen LogP contribution in [0, 0.1) is 13.8 Å². The lowest BCUT2D eigenvalue weighted by molar-refractivity contribution is -0.115. The number of esters is 1. The van der Waals surface area contributed by atoms with E-state index >= 15 is 0 Å². The molecule has 2 aromatic carbocycles. The molecule has 0 aliphatic heterocycles. The first-order chi connectivity index (χ1) is 16.3. The number of hydrogen-bond donors (Lipinski definition) is 1.